The minimum absolute atomic E-state index is 0.263. The zero-order valence-corrected chi connectivity index (χ0v) is 15.9. The van der Waals surface area contributed by atoms with Gasteiger partial charge < -0.3 is 15.5 Å². The molecule has 27 heavy (non-hydrogen) atoms. The number of para-hydroxylation sites is 1. The van der Waals surface area contributed by atoms with E-state index in [0.29, 0.717) is 11.5 Å². The van der Waals surface area contributed by atoms with Crippen molar-refractivity contribution < 1.29 is 4.79 Å². The number of aromatic nitrogens is 2. The van der Waals surface area contributed by atoms with Crippen molar-refractivity contribution in [1.82, 2.24) is 9.97 Å². The lowest BCUT2D eigenvalue weighted by atomic mass is 10.1. The van der Waals surface area contributed by atoms with Crippen molar-refractivity contribution in [3.8, 4) is 0 Å². The molecule has 1 aromatic heterocycles. The summed E-state index contributed by atoms with van der Waals surface area (Å²) in [5, 5.41) is 6.15. The largest absolute Gasteiger partial charge is 0.378 e. The van der Waals surface area contributed by atoms with E-state index in [1.165, 1.54) is 6.33 Å². The number of rotatable bonds is 5. The number of carbonyl (C=O) groups is 1. The van der Waals surface area contributed by atoms with Crippen LogP contribution in [0.5, 0.6) is 0 Å². The quantitative estimate of drug-likeness (QED) is 0.714. The number of carbonyl (C=O) groups excluding carboxylic acids is 1. The molecule has 0 radical (unpaired) electrons. The number of benzene rings is 2. The van der Waals surface area contributed by atoms with E-state index >= 15 is 0 Å². The molecule has 0 saturated carbocycles. The Labute approximate surface area is 159 Å². The molecule has 0 bridgehead atoms. The predicted octanol–water partition coefficient (Wildman–Crippen LogP) is 4.16. The highest BCUT2D eigenvalue weighted by molar-refractivity contribution is 6.04. The Bertz CT molecular complexity index is 931. The molecule has 1 amide bonds. The molecule has 1 heterocycles. The van der Waals surface area contributed by atoms with Gasteiger partial charge in [0.2, 0.25) is 0 Å². The van der Waals surface area contributed by atoms with E-state index in [2.05, 4.69) is 20.6 Å². The molecule has 6 heteroatoms. The van der Waals surface area contributed by atoms with Gasteiger partial charge in [0.25, 0.3) is 5.91 Å². The lowest BCUT2D eigenvalue weighted by Gasteiger charge is -2.13. The van der Waals surface area contributed by atoms with Gasteiger partial charge in [0.05, 0.1) is 0 Å². The lowest BCUT2D eigenvalue weighted by Crippen LogP contribution is -2.16. The molecule has 0 aliphatic rings. The third-order valence-corrected chi connectivity index (χ3v) is 4.28. The van der Waals surface area contributed by atoms with E-state index in [9.17, 15) is 4.79 Å². The second-order valence-electron chi connectivity index (χ2n) is 6.58. The minimum atomic E-state index is -0.263. The summed E-state index contributed by atoms with van der Waals surface area (Å²) in [6.45, 7) is 3.93. The molecule has 0 aliphatic carbocycles. The van der Waals surface area contributed by atoms with Gasteiger partial charge in [-0.2, -0.15) is 0 Å². The summed E-state index contributed by atoms with van der Waals surface area (Å²) < 4.78 is 0. The zero-order chi connectivity index (χ0) is 19.4. The van der Waals surface area contributed by atoms with Crippen molar-refractivity contribution in [2.45, 2.75) is 13.8 Å². The van der Waals surface area contributed by atoms with Crippen molar-refractivity contribution in [3.63, 3.8) is 0 Å². The monoisotopic (exact) mass is 361 g/mol. The molecule has 3 rings (SSSR count). The van der Waals surface area contributed by atoms with E-state index in [0.717, 1.165) is 28.2 Å². The fourth-order valence-corrected chi connectivity index (χ4v) is 2.73. The molecule has 0 spiro atoms. The van der Waals surface area contributed by atoms with Crippen LogP contribution in [0.1, 0.15) is 21.6 Å². The Morgan fingerprint density at radius 1 is 0.963 bits per heavy atom. The van der Waals surface area contributed by atoms with Crippen molar-refractivity contribution in [1.29, 1.82) is 0 Å². The van der Waals surface area contributed by atoms with E-state index < -0.39 is 0 Å². The Morgan fingerprint density at radius 2 is 1.63 bits per heavy atom. The topological polar surface area (TPSA) is 70.2 Å². The van der Waals surface area contributed by atoms with Gasteiger partial charge in [0, 0.05) is 37.2 Å². The predicted molar refractivity (Wildman–Crippen MR) is 110 cm³/mol. The van der Waals surface area contributed by atoms with Crippen LogP contribution in [0.25, 0.3) is 0 Å². The van der Waals surface area contributed by atoms with Gasteiger partial charge in [-0.25, -0.2) is 9.97 Å². The van der Waals surface area contributed by atoms with Crippen LogP contribution in [0.4, 0.5) is 22.9 Å². The van der Waals surface area contributed by atoms with Crippen molar-refractivity contribution >= 4 is 28.8 Å². The van der Waals surface area contributed by atoms with Crippen LogP contribution in [0.15, 0.2) is 54.9 Å². The number of amides is 1. The minimum Gasteiger partial charge on any atom is -0.378 e. The molecule has 0 saturated heterocycles. The highest BCUT2D eigenvalue weighted by Crippen LogP contribution is 2.21. The standard InChI is InChI=1S/C21H23N5O/c1-14-6-5-7-15(2)20(14)25-21(27)18-12-19(23-13-22-18)24-16-8-10-17(11-9-16)26(3)4/h5-13H,1-4H3,(H,25,27)(H,22,23,24). The highest BCUT2D eigenvalue weighted by atomic mass is 16.1. The Kier molecular flexibility index (Phi) is 5.35. The zero-order valence-electron chi connectivity index (χ0n) is 15.9. The fraction of sp³-hybridized carbons (Fsp3) is 0.190. The molecule has 0 unspecified atom stereocenters. The summed E-state index contributed by atoms with van der Waals surface area (Å²) in [4.78, 5) is 22.9. The summed E-state index contributed by atoms with van der Waals surface area (Å²) in [6.07, 6.45) is 1.39. The molecule has 2 aromatic carbocycles. The maximum absolute atomic E-state index is 12.6. The first-order valence-corrected chi connectivity index (χ1v) is 8.68. The Hall–Kier alpha value is -3.41. The first kappa shape index (κ1) is 18.4. The van der Waals surface area contributed by atoms with Gasteiger partial charge in [0.1, 0.15) is 17.8 Å². The van der Waals surface area contributed by atoms with Gasteiger partial charge in [-0.3, -0.25) is 4.79 Å². The maximum Gasteiger partial charge on any atom is 0.274 e. The summed E-state index contributed by atoms with van der Waals surface area (Å²) in [5.74, 6) is 0.301. The number of nitrogens with one attached hydrogen (secondary N) is 2. The molecule has 0 fully saturated rings. The molecule has 0 atom stereocenters. The summed E-state index contributed by atoms with van der Waals surface area (Å²) in [6, 6.07) is 15.5. The van der Waals surface area contributed by atoms with Crippen LogP contribution >= 0.6 is 0 Å². The normalized spacial score (nSPS) is 10.4. The van der Waals surface area contributed by atoms with E-state index in [4.69, 9.17) is 0 Å². The van der Waals surface area contributed by atoms with Crippen LogP contribution < -0.4 is 15.5 Å². The van der Waals surface area contributed by atoms with E-state index in [-0.39, 0.29) is 5.91 Å². The van der Waals surface area contributed by atoms with Gasteiger partial charge in [0.15, 0.2) is 0 Å². The average Bonchev–Trinajstić information content (AvgIpc) is 2.65. The van der Waals surface area contributed by atoms with Gasteiger partial charge >= 0.3 is 0 Å². The smallest absolute Gasteiger partial charge is 0.274 e. The molecule has 3 aromatic rings. The maximum atomic E-state index is 12.6. The third kappa shape index (κ3) is 4.41. The number of hydrogen-bond donors (Lipinski definition) is 2. The van der Waals surface area contributed by atoms with Gasteiger partial charge in [-0.1, -0.05) is 18.2 Å². The van der Waals surface area contributed by atoms with Crippen LogP contribution in [0.3, 0.4) is 0 Å². The molecule has 0 aliphatic heterocycles. The second kappa shape index (κ2) is 7.86. The first-order chi connectivity index (χ1) is 12.9. The third-order valence-electron chi connectivity index (χ3n) is 4.28. The van der Waals surface area contributed by atoms with Crippen molar-refractivity contribution in [2.75, 3.05) is 29.6 Å². The summed E-state index contributed by atoms with van der Waals surface area (Å²) in [5.41, 5.74) is 5.14. The van der Waals surface area contributed by atoms with E-state index in [1.807, 2.05) is 75.3 Å². The van der Waals surface area contributed by atoms with Crippen LogP contribution in [-0.2, 0) is 0 Å². The SMILES string of the molecule is Cc1cccc(C)c1NC(=O)c1cc(Nc2ccc(N(C)C)cc2)ncn1. The van der Waals surface area contributed by atoms with E-state index in [1.54, 1.807) is 6.07 Å². The Morgan fingerprint density at radius 3 is 2.26 bits per heavy atom. The molecule has 2 N–H and O–H groups in total. The number of anilines is 4. The number of nitrogens with zero attached hydrogens (tertiary/aromatic N) is 3. The van der Waals surface area contributed by atoms with Crippen LogP contribution in [-0.4, -0.2) is 30.0 Å². The number of aryl methyl sites for hydroxylation is 2. The van der Waals surface area contributed by atoms with Gasteiger partial charge in [-0.05, 0) is 49.2 Å². The van der Waals surface area contributed by atoms with Crippen LogP contribution in [0, 0.1) is 13.8 Å². The fourth-order valence-electron chi connectivity index (χ4n) is 2.73. The molecule has 6 nitrogen and oxygen atoms in total. The summed E-state index contributed by atoms with van der Waals surface area (Å²) in [7, 11) is 3.99. The lowest BCUT2D eigenvalue weighted by molar-refractivity contribution is 0.102. The number of hydrogen-bond acceptors (Lipinski definition) is 5. The average molecular weight is 361 g/mol. The highest BCUT2D eigenvalue weighted by Gasteiger charge is 2.12. The second-order valence-corrected chi connectivity index (χ2v) is 6.58. The first-order valence-electron chi connectivity index (χ1n) is 8.68. The Balaban J connectivity index is 1.76. The van der Waals surface area contributed by atoms with Crippen molar-refractivity contribution in [3.05, 3.63) is 71.7 Å². The van der Waals surface area contributed by atoms with Gasteiger partial charge in [-0.15, -0.1) is 0 Å². The van der Waals surface area contributed by atoms with Crippen molar-refractivity contribution in [2.24, 2.45) is 0 Å². The molecule has 138 valence electrons. The molecular weight excluding hydrogens is 338 g/mol. The molecular formula is C21H23N5O. The van der Waals surface area contributed by atoms with Crippen LogP contribution in [0.2, 0.25) is 0 Å². The summed E-state index contributed by atoms with van der Waals surface area (Å²) >= 11 is 0.